The Labute approximate surface area is 209 Å². The molecule has 1 fully saturated rings. The van der Waals surface area contributed by atoms with Gasteiger partial charge in [0.2, 0.25) is 0 Å². The number of rotatable bonds is 6. The van der Waals surface area contributed by atoms with E-state index in [0.29, 0.717) is 11.6 Å². The molecule has 2 aromatic carbocycles. The third kappa shape index (κ3) is 6.34. The van der Waals surface area contributed by atoms with Crippen molar-refractivity contribution in [1.82, 2.24) is 5.32 Å². The van der Waals surface area contributed by atoms with Gasteiger partial charge in [-0.25, -0.2) is 0 Å². The fourth-order valence-electron chi connectivity index (χ4n) is 3.39. The van der Waals surface area contributed by atoms with Crippen molar-refractivity contribution >= 4 is 68.8 Å². The van der Waals surface area contributed by atoms with E-state index in [0.717, 1.165) is 49.7 Å². The number of halogens is 3. The molecule has 30 heavy (non-hydrogen) atoms. The second-order valence-electron chi connectivity index (χ2n) is 7.17. The lowest BCUT2D eigenvalue weighted by Crippen LogP contribution is -2.36. The van der Waals surface area contributed by atoms with Crippen LogP contribution in [-0.2, 0) is 11.4 Å². The minimum atomic E-state index is -0.298. The van der Waals surface area contributed by atoms with E-state index in [4.69, 9.17) is 16.3 Å². The van der Waals surface area contributed by atoms with Gasteiger partial charge in [0, 0.05) is 16.6 Å². The number of nitrogens with zero attached hydrogens (tertiary/aromatic N) is 1. The average molecular weight is 647 g/mol. The van der Waals surface area contributed by atoms with Gasteiger partial charge >= 0.3 is 0 Å². The van der Waals surface area contributed by atoms with E-state index < -0.39 is 0 Å². The summed E-state index contributed by atoms with van der Waals surface area (Å²) in [5.41, 5.74) is 1.84. The Kier molecular flexibility index (Phi) is 8.84. The molecule has 1 N–H and O–H groups in total. The molecule has 2 aromatic rings. The van der Waals surface area contributed by atoms with Gasteiger partial charge in [-0.15, -0.1) is 0 Å². The Balaban J connectivity index is 1.73. The standard InChI is InChI=1S/C23H21ClI2N2O2/c24-19-9-5-4-6-16(19)14-30-22-20(25)11-15(12-21(22)26)10-17(13-27)23(29)28-18-7-2-1-3-8-18/h4-6,9-12,18H,1-3,7-8,14H2,(H,28,29)/b17-10+. The van der Waals surface area contributed by atoms with Gasteiger partial charge in [0.25, 0.3) is 5.91 Å². The molecule has 1 aliphatic rings. The van der Waals surface area contributed by atoms with E-state index in [1.165, 1.54) is 6.42 Å². The largest absolute Gasteiger partial charge is 0.487 e. The highest BCUT2D eigenvalue weighted by Gasteiger charge is 2.18. The molecule has 0 aromatic heterocycles. The van der Waals surface area contributed by atoms with Crippen molar-refractivity contribution in [2.45, 2.75) is 44.8 Å². The zero-order valence-electron chi connectivity index (χ0n) is 16.3. The Morgan fingerprint density at radius 2 is 1.87 bits per heavy atom. The number of amides is 1. The Morgan fingerprint density at radius 3 is 2.50 bits per heavy atom. The number of hydrogen-bond acceptors (Lipinski definition) is 3. The predicted octanol–water partition coefficient (Wildman–Crippen LogP) is 6.48. The SMILES string of the molecule is N#C/C(=C\c1cc(I)c(OCc2ccccc2Cl)c(I)c1)C(=O)NC1CCCCC1. The summed E-state index contributed by atoms with van der Waals surface area (Å²) in [5.74, 6) is 0.465. The number of carbonyl (C=O) groups excluding carboxylic acids is 1. The minimum absolute atomic E-state index is 0.122. The molecule has 0 aliphatic heterocycles. The van der Waals surface area contributed by atoms with E-state index >= 15 is 0 Å². The Morgan fingerprint density at radius 1 is 1.20 bits per heavy atom. The van der Waals surface area contributed by atoms with E-state index in [2.05, 4.69) is 50.5 Å². The van der Waals surface area contributed by atoms with Crippen molar-refractivity contribution in [2.24, 2.45) is 0 Å². The third-order valence-electron chi connectivity index (χ3n) is 4.97. The molecule has 0 bridgehead atoms. The first-order valence-corrected chi connectivity index (χ1v) is 12.3. The van der Waals surface area contributed by atoms with Gasteiger partial charge < -0.3 is 10.1 Å². The highest BCUT2D eigenvalue weighted by Crippen LogP contribution is 2.31. The summed E-state index contributed by atoms with van der Waals surface area (Å²) in [7, 11) is 0. The van der Waals surface area contributed by atoms with Crippen molar-refractivity contribution in [3.8, 4) is 11.8 Å². The Bertz CT molecular complexity index is 972. The van der Waals surface area contributed by atoms with Crippen LogP contribution in [0.25, 0.3) is 6.08 Å². The summed E-state index contributed by atoms with van der Waals surface area (Å²) in [5, 5.41) is 13.2. The predicted molar refractivity (Wildman–Crippen MR) is 136 cm³/mol. The summed E-state index contributed by atoms with van der Waals surface area (Å²) in [6, 6.07) is 13.6. The van der Waals surface area contributed by atoms with Gasteiger partial charge in [-0.2, -0.15) is 5.26 Å². The van der Waals surface area contributed by atoms with Crippen LogP contribution in [0, 0.1) is 18.5 Å². The monoisotopic (exact) mass is 646 g/mol. The van der Waals surface area contributed by atoms with Crippen LogP contribution in [0.5, 0.6) is 5.75 Å². The van der Waals surface area contributed by atoms with E-state index in [1.807, 2.05) is 42.5 Å². The molecule has 0 heterocycles. The van der Waals surface area contributed by atoms with Crippen LogP contribution in [0.2, 0.25) is 5.02 Å². The molecule has 0 unspecified atom stereocenters. The molecule has 7 heteroatoms. The highest BCUT2D eigenvalue weighted by atomic mass is 127. The van der Waals surface area contributed by atoms with Crippen molar-refractivity contribution in [3.05, 3.63) is 65.3 Å². The highest BCUT2D eigenvalue weighted by molar-refractivity contribution is 14.1. The van der Waals surface area contributed by atoms with Crippen LogP contribution < -0.4 is 10.1 Å². The van der Waals surface area contributed by atoms with E-state index in [1.54, 1.807) is 6.08 Å². The second-order valence-corrected chi connectivity index (χ2v) is 9.90. The molecule has 3 rings (SSSR count). The summed E-state index contributed by atoms with van der Waals surface area (Å²) >= 11 is 10.6. The summed E-state index contributed by atoms with van der Waals surface area (Å²) in [6.07, 6.45) is 7.08. The summed E-state index contributed by atoms with van der Waals surface area (Å²) in [6.45, 7) is 0.369. The maximum absolute atomic E-state index is 12.5. The molecule has 0 atom stereocenters. The molecule has 156 valence electrons. The fraction of sp³-hybridized carbons (Fsp3) is 0.304. The van der Waals surface area contributed by atoms with Gasteiger partial charge in [-0.1, -0.05) is 49.1 Å². The smallest absolute Gasteiger partial charge is 0.262 e. The number of hydrogen-bond donors (Lipinski definition) is 1. The quantitative estimate of drug-likeness (QED) is 0.222. The molecule has 0 spiro atoms. The normalized spacial score (nSPS) is 14.8. The van der Waals surface area contributed by atoms with Crippen LogP contribution in [0.4, 0.5) is 0 Å². The van der Waals surface area contributed by atoms with Crippen LogP contribution in [0.1, 0.15) is 43.2 Å². The van der Waals surface area contributed by atoms with Crippen molar-refractivity contribution in [2.75, 3.05) is 0 Å². The molecule has 1 aliphatic carbocycles. The fourth-order valence-corrected chi connectivity index (χ4v) is 5.71. The van der Waals surface area contributed by atoms with Gasteiger partial charge in [-0.05, 0) is 87.9 Å². The lowest BCUT2D eigenvalue weighted by Gasteiger charge is -2.22. The molecule has 1 saturated carbocycles. The van der Waals surface area contributed by atoms with Gasteiger partial charge in [-0.3, -0.25) is 4.79 Å². The van der Waals surface area contributed by atoms with Gasteiger partial charge in [0.1, 0.15) is 24.0 Å². The van der Waals surface area contributed by atoms with Crippen LogP contribution in [0.15, 0.2) is 42.0 Å². The molecule has 0 radical (unpaired) electrons. The maximum Gasteiger partial charge on any atom is 0.262 e. The third-order valence-corrected chi connectivity index (χ3v) is 6.94. The number of ether oxygens (including phenoxy) is 1. The topological polar surface area (TPSA) is 62.1 Å². The molecular weight excluding hydrogens is 626 g/mol. The van der Waals surface area contributed by atoms with Crippen molar-refractivity contribution < 1.29 is 9.53 Å². The van der Waals surface area contributed by atoms with Crippen LogP contribution in [0.3, 0.4) is 0 Å². The number of benzene rings is 2. The minimum Gasteiger partial charge on any atom is -0.487 e. The maximum atomic E-state index is 12.5. The van der Waals surface area contributed by atoms with Crippen molar-refractivity contribution in [1.29, 1.82) is 5.26 Å². The van der Waals surface area contributed by atoms with Crippen LogP contribution >= 0.6 is 56.8 Å². The lowest BCUT2D eigenvalue weighted by atomic mass is 9.95. The van der Waals surface area contributed by atoms with E-state index in [9.17, 15) is 10.1 Å². The summed E-state index contributed by atoms with van der Waals surface area (Å²) in [4.78, 5) is 12.5. The number of nitrogens with one attached hydrogen (secondary N) is 1. The number of nitriles is 1. The Hall–Kier alpha value is -1.31. The average Bonchev–Trinajstić information content (AvgIpc) is 2.73. The molecule has 1 amide bonds. The summed E-state index contributed by atoms with van der Waals surface area (Å²) < 4.78 is 7.82. The second kappa shape index (κ2) is 11.3. The first-order valence-electron chi connectivity index (χ1n) is 9.76. The first kappa shape index (κ1) is 23.4. The lowest BCUT2D eigenvalue weighted by molar-refractivity contribution is -0.117. The first-order chi connectivity index (χ1) is 14.5. The molecule has 0 saturated heterocycles. The molecular formula is C23H21ClI2N2O2. The van der Waals surface area contributed by atoms with Gasteiger partial charge in [0.05, 0.1) is 7.14 Å². The number of carbonyl (C=O) groups is 1. The van der Waals surface area contributed by atoms with Crippen LogP contribution in [-0.4, -0.2) is 11.9 Å². The zero-order chi connectivity index (χ0) is 21.5. The zero-order valence-corrected chi connectivity index (χ0v) is 21.3. The van der Waals surface area contributed by atoms with E-state index in [-0.39, 0.29) is 17.5 Å². The van der Waals surface area contributed by atoms with Gasteiger partial charge in [0.15, 0.2) is 0 Å². The van der Waals surface area contributed by atoms with Crippen molar-refractivity contribution in [3.63, 3.8) is 0 Å². The molecule has 4 nitrogen and oxygen atoms in total.